The third-order valence-electron chi connectivity index (χ3n) is 5.63. The molecule has 0 saturated heterocycles. The van der Waals surface area contributed by atoms with Crippen molar-refractivity contribution in [2.45, 2.75) is 6.42 Å². The van der Waals surface area contributed by atoms with Gasteiger partial charge in [0.1, 0.15) is 5.04 Å². The SMILES string of the molecule is C=C(O)CSC1=NN=C(c2cc(-c3ccc(OC)nc3)cc(-c3ccc4ccccc4c3)c2)C1. The Kier molecular flexibility index (Phi) is 6.14. The highest BCUT2D eigenvalue weighted by Crippen LogP contribution is 2.32. The Morgan fingerprint density at radius 3 is 2.35 bits per heavy atom. The summed E-state index contributed by atoms with van der Waals surface area (Å²) in [6.07, 6.45) is 2.45. The monoisotopic (exact) mass is 465 g/mol. The maximum atomic E-state index is 9.41. The summed E-state index contributed by atoms with van der Waals surface area (Å²) in [6, 6.07) is 25.2. The van der Waals surface area contributed by atoms with Gasteiger partial charge in [0.15, 0.2) is 0 Å². The molecule has 0 bridgehead atoms. The van der Waals surface area contributed by atoms with Crippen LogP contribution in [0, 0.1) is 0 Å². The minimum Gasteiger partial charge on any atom is -0.512 e. The van der Waals surface area contributed by atoms with E-state index in [4.69, 9.17) is 4.74 Å². The second kappa shape index (κ2) is 9.53. The molecule has 0 fully saturated rings. The number of methoxy groups -OCH3 is 1. The molecule has 0 radical (unpaired) electrons. The average Bonchev–Trinajstić information content (AvgIpc) is 3.36. The van der Waals surface area contributed by atoms with Crippen LogP contribution in [0.4, 0.5) is 0 Å². The van der Waals surface area contributed by atoms with Gasteiger partial charge < -0.3 is 9.84 Å². The quantitative estimate of drug-likeness (QED) is 0.315. The predicted octanol–water partition coefficient (Wildman–Crippen LogP) is 6.89. The molecule has 5 nitrogen and oxygen atoms in total. The predicted molar refractivity (Wildman–Crippen MR) is 142 cm³/mol. The van der Waals surface area contributed by atoms with Crippen molar-refractivity contribution in [1.82, 2.24) is 4.98 Å². The molecule has 0 spiro atoms. The second-order valence-corrected chi connectivity index (χ2v) is 9.07. The number of aliphatic hydroxyl groups is 1. The number of rotatable bonds is 6. The zero-order valence-electron chi connectivity index (χ0n) is 18.7. The molecule has 34 heavy (non-hydrogen) atoms. The van der Waals surface area contributed by atoms with Crippen molar-refractivity contribution in [2.75, 3.05) is 12.9 Å². The zero-order valence-corrected chi connectivity index (χ0v) is 19.5. The van der Waals surface area contributed by atoms with Gasteiger partial charge in [0.2, 0.25) is 5.88 Å². The van der Waals surface area contributed by atoms with Crippen molar-refractivity contribution in [2.24, 2.45) is 10.2 Å². The molecule has 5 rings (SSSR count). The Bertz CT molecular complexity index is 1440. The van der Waals surface area contributed by atoms with Crippen molar-refractivity contribution < 1.29 is 9.84 Å². The molecule has 0 saturated carbocycles. The maximum Gasteiger partial charge on any atom is 0.212 e. The van der Waals surface area contributed by atoms with E-state index in [1.54, 1.807) is 7.11 Å². The van der Waals surface area contributed by atoms with E-state index in [2.05, 4.69) is 82.4 Å². The molecule has 4 aromatic rings. The molecule has 0 aliphatic carbocycles. The van der Waals surface area contributed by atoms with Crippen LogP contribution in [0.5, 0.6) is 5.88 Å². The van der Waals surface area contributed by atoms with Gasteiger partial charge in [-0.05, 0) is 63.4 Å². The maximum absolute atomic E-state index is 9.41. The summed E-state index contributed by atoms with van der Waals surface area (Å²) in [4.78, 5) is 4.39. The number of benzene rings is 3. The first kappa shape index (κ1) is 21.9. The lowest BCUT2D eigenvalue weighted by Crippen LogP contribution is -2.03. The van der Waals surface area contributed by atoms with Gasteiger partial charge in [0.05, 0.1) is 24.3 Å². The third-order valence-corrected chi connectivity index (χ3v) is 6.67. The smallest absolute Gasteiger partial charge is 0.212 e. The van der Waals surface area contributed by atoms with Gasteiger partial charge in [-0.15, -0.1) is 16.9 Å². The molecular formula is C28H23N3O2S. The molecule has 168 valence electrons. The number of aliphatic hydroxyl groups excluding tert-OH is 1. The molecule has 0 atom stereocenters. The highest BCUT2D eigenvalue weighted by molar-refractivity contribution is 8.14. The Labute approximate surface area is 202 Å². The summed E-state index contributed by atoms with van der Waals surface area (Å²) in [5.74, 6) is 1.13. The van der Waals surface area contributed by atoms with Crippen LogP contribution in [0.2, 0.25) is 0 Å². The topological polar surface area (TPSA) is 67.1 Å². The zero-order chi connectivity index (χ0) is 23.5. The number of ether oxygens (including phenoxy) is 1. The Morgan fingerprint density at radius 1 is 0.882 bits per heavy atom. The first-order valence-corrected chi connectivity index (χ1v) is 11.9. The van der Waals surface area contributed by atoms with Crippen molar-refractivity contribution >= 4 is 33.3 Å². The van der Waals surface area contributed by atoms with E-state index in [0.29, 0.717) is 18.1 Å². The molecule has 0 unspecified atom stereocenters. The van der Waals surface area contributed by atoms with Gasteiger partial charge in [-0.1, -0.05) is 43.0 Å². The fourth-order valence-electron chi connectivity index (χ4n) is 3.90. The average molecular weight is 466 g/mol. The fraction of sp³-hybridized carbons (Fsp3) is 0.107. The summed E-state index contributed by atoms with van der Waals surface area (Å²) in [5, 5.41) is 21.5. The minimum absolute atomic E-state index is 0.133. The van der Waals surface area contributed by atoms with Crippen LogP contribution < -0.4 is 4.74 Å². The van der Waals surface area contributed by atoms with Gasteiger partial charge >= 0.3 is 0 Å². The third kappa shape index (κ3) is 4.72. The van der Waals surface area contributed by atoms with Gasteiger partial charge in [0, 0.05) is 24.2 Å². The van der Waals surface area contributed by atoms with Crippen molar-refractivity contribution in [3.05, 3.63) is 96.9 Å². The summed E-state index contributed by atoms with van der Waals surface area (Å²) < 4.78 is 5.22. The van der Waals surface area contributed by atoms with Crippen molar-refractivity contribution in [1.29, 1.82) is 0 Å². The fourth-order valence-corrected chi connectivity index (χ4v) is 4.58. The van der Waals surface area contributed by atoms with Crippen molar-refractivity contribution in [3.63, 3.8) is 0 Å². The molecule has 1 aliphatic rings. The van der Waals surface area contributed by atoms with E-state index in [0.717, 1.165) is 38.6 Å². The first-order valence-electron chi connectivity index (χ1n) is 10.9. The van der Waals surface area contributed by atoms with Crippen LogP contribution in [0.3, 0.4) is 0 Å². The van der Waals surface area contributed by atoms with E-state index in [9.17, 15) is 5.11 Å². The lowest BCUT2D eigenvalue weighted by atomic mass is 9.93. The van der Waals surface area contributed by atoms with Crippen LogP contribution >= 0.6 is 11.8 Å². The highest BCUT2D eigenvalue weighted by Gasteiger charge is 2.17. The molecule has 3 aromatic carbocycles. The van der Waals surface area contributed by atoms with Gasteiger partial charge in [-0.25, -0.2) is 4.98 Å². The van der Waals surface area contributed by atoms with Crippen LogP contribution in [-0.2, 0) is 0 Å². The lowest BCUT2D eigenvalue weighted by Gasteiger charge is -2.12. The standard InChI is InChI=1S/C28H23N3O2S/c1-18(32)17-34-28-15-26(30-31-28)25-13-23(21-8-7-19-5-3-4-6-20(19)11-21)12-24(14-25)22-9-10-27(33-2)29-16-22/h3-14,16,32H,1,15,17H2,2H3. The van der Waals surface area contributed by atoms with Crippen LogP contribution in [0.1, 0.15) is 12.0 Å². The van der Waals surface area contributed by atoms with Crippen LogP contribution in [0.15, 0.2) is 102 Å². The van der Waals surface area contributed by atoms with E-state index >= 15 is 0 Å². The largest absolute Gasteiger partial charge is 0.512 e. The highest BCUT2D eigenvalue weighted by atomic mass is 32.2. The van der Waals surface area contributed by atoms with E-state index in [-0.39, 0.29) is 5.76 Å². The van der Waals surface area contributed by atoms with Gasteiger partial charge in [0.25, 0.3) is 0 Å². The Morgan fingerprint density at radius 2 is 1.62 bits per heavy atom. The van der Waals surface area contributed by atoms with Crippen molar-refractivity contribution in [3.8, 4) is 28.1 Å². The number of nitrogens with zero attached hydrogens (tertiary/aromatic N) is 3. The molecule has 1 aliphatic heterocycles. The number of pyridine rings is 1. The molecule has 2 heterocycles. The van der Waals surface area contributed by atoms with Crippen LogP contribution in [0.25, 0.3) is 33.0 Å². The number of thioether (sulfide) groups is 1. The molecular weight excluding hydrogens is 442 g/mol. The summed E-state index contributed by atoms with van der Waals surface area (Å²) in [7, 11) is 1.61. The van der Waals surface area contributed by atoms with E-state index in [1.807, 2.05) is 18.3 Å². The summed E-state index contributed by atoms with van der Waals surface area (Å²) in [5.41, 5.74) is 6.18. The Hall–Kier alpha value is -3.90. The number of fused-ring (bicyclic) bond motifs is 1. The number of hydrogen-bond donors (Lipinski definition) is 1. The summed E-state index contributed by atoms with van der Waals surface area (Å²) in [6.45, 7) is 3.54. The summed E-state index contributed by atoms with van der Waals surface area (Å²) >= 11 is 1.46. The molecule has 6 heteroatoms. The number of aromatic nitrogens is 1. The Balaban J connectivity index is 1.55. The number of hydrogen-bond acceptors (Lipinski definition) is 6. The molecule has 1 N–H and O–H groups in total. The molecule has 1 aromatic heterocycles. The molecule has 0 amide bonds. The lowest BCUT2D eigenvalue weighted by molar-refractivity contribution is 0.398. The van der Waals surface area contributed by atoms with E-state index < -0.39 is 0 Å². The van der Waals surface area contributed by atoms with Crippen LogP contribution in [-0.4, -0.2) is 33.7 Å². The minimum atomic E-state index is 0.133. The first-order chi connectivity index (χ1) is 16.6. The van der Waals surface area contributed by atoms with E-state index in [1.165, 1.54) is 22.5 Å². The van der Waals surface area contributed by atoms with Gasteiger partial charge in [-0.3, -0.25) is 0 Å². The normalized spacial score (nSPS) is 13.0. The van der Waals surface area contributed by atoms with Gasteiger partial charge in [-0.2, -0.15) is 5.10 Å². The second-order valence-electron chi connectivity index (χ2n) is 8.02.